The van der Waals surface area contributed by atoms with E-state index in [0.717, 1.165) is 19.0 Å². The number of nitro groups is 1. The van der Waals surface area contributed by atoms with Crippen LogP contribution < -0.4 is 10.6 Å². The zero-order chi connectivity index (χ0) is 14.3. The molecule has 0 spiro atoms. The largest absolute Gasteiger partial charge is 0.370 e. The van der Waals surface area contributed by atoms with E-state index < -0.39 is 10.8 Å². The second-order valence-electron chi connectivity index (χ2n) is 3.98. The molecule has 1 aromatic rings. The van der Waals surface area contributed by atoms with Crippen LogP contribution in [0, 0.1) is 10.1 Å². The molecule has 104 valence electrons. The number of pyridine rings is 1. The standard InChI is InChI=1S/C12H18N4O3/c1-3-5-6-14-12(17)9-7-11(13-4-2)15-8-10(9)16(18)19/h7-8H,3-6H2,1-2H3,(H,13,15)(H,14,17). The maximum absolute atomic E-state index is 11.9. The molecule has 0 aliphatic rings. The van der Waals surface area contributed by atoms with Crippen LogP contribution in [-0.2, 0) is 0 Å². The first-order chi connectivity index (χ1) is 9.10. The molecule has 1 heterocycles. The minimum Gasteiger partial charge on any atom is -0.370 e. The number of carbonyl (C=O) groups excluding carboxylic acids is 1. The fraction of sp³-hybridized carbons (Fsp3) is 0.500. The van der Waals surface area contributed by atoms with Gasteiger partial charge >= 0.3 is 0 Å². The van der Waals surface area contributed by atoms with Crippen LogP contribution >= 0.6 is 0 Å². The minimum absolute atomic E-state index is 0.0343. The van der Waals surface area contributed by atoms with E-state index >= 15 is 0 Å². The van der Waals surface area contributed by atoms with Crippen LogP contribution in [0.15, 0.2) is 12.3 Å². The average molecular weight is 266 g/mol. The van der Waals surface area contributed by atoms with Gasteiger partial charge in [-0.1, -0.05) is 13.3 Å². The highest BCUT2D eigenvalue weighted by molar-refractivity contribution is 5.98. The van der Waals surface area contributed by atoms with E-state index in [4.69, 9.17) is 0 Å². The van der Waals surface area contributed by atoms with Gasteiger partial charge < -0.3 is 10.6 Å². The van der Waals surface area contributed by atoms with E-state index in [9.17, 15) is 14.9 Å². The van der Waals surface area contributed by atoms with Gasteiger partial charge in [0.2, 0.25) is 0 Å². The zero-order valence-electron chi connectivity index (χ0n) is 11.1. The summed E-state index contributed by atoms with van der Waals surface area (Å²) in [6.07, 6.45) is 2.89. The molecule has 7 heteroatoms. The number of carbonyl (C=O) groups is 1. The van der Waals surface area contributed by atoms with Crippen molar-refractivity contribution in [2.75, 3.05) is 18.4 Å². The summed E-state index contributed by atoms with van der Waals surface area (Å²) in [5.74, 6) is 0.00967. The molecule has 1 rings (SSSR count). The lowest BCUT2D eigenvalue weighted by molar-refractivity contribution is -0.385. The summed E-state index contributed by atoms with van der Waals surface area (Å²) < 4.78 is 0. The van der Waals surface area contributed by atoms with Crippen LogP contribution in [0.25, 0.3) is 0 Å². The van der Waals surface area contributed by atoms with Crippen LogP contribution in [0.3, 0.4) is 0 Å². The van der Waals surface area contributed by atoms with E-state index in [1.807, 2.05) is 13.8 Å². The molecule has 0 aliphatic heterocycles. The quantitative estimate of drug-likeness (QED) is 0.446. The maximum Gasteiger partial charge on any atom is 0.300 e. The number of nitrogens with zero attached hydrogens (tertiary/aromatic N) is 2. The predicted molar refractivity (Wildman–Crippen MR) is 72.3 cm³/mol. The van der Waals surface area contributed by atoms with Gasteiger partial charge in [0.05, 0.1) is 4.92 Å². The van der Waals surface area contributed by atoms with E-state index in [1.165, 1.54) is 6.07 Å². The van der Waals surface area contributed by atoms with Crippen molar-refractivity contribution in [2.24, 2.45) is 0 Å². The van der Waals surface area contributed by atoms with Gasteiger partial charge in [0.25, 0.3) is 11.6 Å². The summed E-state index contributed by atoms with van der Waals surface area (Å²) in [6, 6.07) is 1.41. The highest BCUT2D eigenvalue weighted by atomic mass is 16.6. The molecule has 0 radical (unpaired) electrons. The molecule has 19 heavy (non-hydrogen) atoms. The van der Waals surface area contributed by atoms with Crippen LogP contribution in [0.5, 0.6) is 0 Å². The monoisotopic (exact) mass is 266 g/mol. The summed E-state index contributed by atoms with van der Waals surface area (Å²) in [5.41, 5.74) is -0.247. The number of amides is 1. The Balaban J connectivity index is 2.96. The Labute approximate surface area is 111 Å². The van der Waals surface area contributed by atoms with Crippen LogP contribution in [0.2, 0.25) is 0 Å². The first-order valence-corrected chi connectivity index (χ1v) is 6.26. The van der Waals surface area contributed by atoms with Crippen molar-refractivity contribution in [2.45, 2.75) is 26.7 Å². The Morgan fingerprint density at radius 2 is 2.21 bits per heavy atom. The lowest BCUT2D eigenvalue weighted by atomic mass is 10.2. The highest BCUT2D eigenvalue weighted by Gasteiger charge is 2.21. The second kappa shape index (κ2) is 7.30. The van der Waals surface area contributed by atoms with Crippen molar-refractivity contribution in [3.63, 3.8) is 0 Å². The Bertz CT molecular complexity index is 462. The summed E-state index contributed by atoms with van der Waals surface area (Å²) in [4.78, 5) is 26.1. The number of anilines is 1. The molecule has 1 aromatic heterocycles. The number of hydrogen-bond acceptors (Lipinski definition) is 5. The molecule has 0 aromatic carbocycles. The Morgan fingerprint density at radius 3 is 2.79 bits per heavy atom. The third-order valence-electron chi connectivity index (χ3n) is 2.50. The van der Waals surface area contributed by atoms with Gasteiger partial charge in [-0.05, 0) is 13.3 Å². The minimum atomic E-state index is -0.600. The lowest BCUT2D eigenvalue weighted by Crippen LogP contribution is -2.25. The van der Waals surface area contributed by atoms with Crippen molar-refractivity contribution in [3.05, 3.63) is 27.9 Å². The topological polar surface area (TPSA) is 97.2 Å². The van der Waals surface area contributed by atoms with Crippen LogP contribution in [-0.4, -0.2) is 28.9 Å². The van der Waals surface area contributed by atoms with E-state index in [2.05, 4.69) is 15.6 Å². The Hall–Kier alpha value is -2.18. The molecular formula is C12H18N4O3. The van der Waals surface area contributed by atoms with Gasteiger partial charge in [0.1, 0.15) is 17.6 Å². The maximum atomic E-state index is 11.9. The molecule has 0 atom stereocenters. The molecular weight excluding hydrogens is 248 g/mol. The predicted octanol–water partition coefficient (Wildman–Crippen LogP) is 1.95. The van der Waals surface area contributed by atoms with Gasteiger partial charge in [-0.2, -0.15) is 0 Å². The van der Waals surface area contributed by atoms with Crippen LogP contribution in [0.1, 0.15) is 37.0 Å². The first-order valence-electron chi connectivity index (χ1n) is 6.26. The molecule has 2 N–H and O–H groups in total. The average Bonchev–Trinajstić information content (AvgIpc) is 2.39. The van der Waals surface area contributed by atoms with Gasteiger partial charge in [0, 0.05) is 19.2 Å². The van der Waals surface area contributed by atoms with Crippen molar-refractivity contribution in [1.29, 1.82) is 0 Å². The second-order valence-corrected chi connectivity index (χ2v) is 3.98. The normalized spacial score (nSPS) is 10.0. The lowest BCUT2D eigenvalue weighted by Gasteiger charge is -2.07. The SMILES string of the molecule is CCCCNC(=O)c1cc(NCC)ncc1[N+](=O)[O-]. The van der Waals surface area contributed by atoms with E-state index in [-0.39, 0.29) is 11.3 Å². The fourth-order valence-corrected chi connectivity index (χ4v) is 1.53. The summed E-state index contributed by atoms with van der Waals surface area (Å²) in [7, 11) is 0. The molecule has 0 saturated carbocycles. The van der Waals surface area contributed by atoms with Gasteiger partial charge in [0.15, 0.2) is 0 Å². The fourth-order valence-electron chi connectivity index (χ4n) is 1.53. The highest BCUT2D eigenvalue weighted by Crippen LogP contribution is 2.20. The van der Waals surface area contributed by atoms with Gasteiger partial charge in [-0.15, -0.1) is 0 Å². The van der Waals surface area contributed by atoms with E-state index in [1.54, 1.807) is 0 Å². The number of nitrogens with one attached hydrogen (secondary N) is 2. The number of aromatic nitrogens is 1. The number of unbranched alkanes of at least 4 members (excludes halogenated alkanes) is 1. The van der Waals surface area contributed by atoms with E-state index in [0.29, 0.717) is 18.9 Å². The molecule has 0 saturated heterocycles. The summed E-state index contributed by atoms with van der Waals surface area (Å²) in [6.45, 7) is 5.02. The molecule has 0 fully saturated rings. The van der Waals surface area contributed by atoms with Crippen LogP contribution in [0.4, 0.5) is 11.5 Å². The van der Waals surface area contributed by atoms with Gasteiger partial charge in [-0.25, -0.2) is 4.98 Å². The van der Waals surface area contributed by atoms with Crippen molar-refractivity contribution >= 4 is 17.4 Å². The summed E-state index contributed by atoms with van der Waals surface area (Å²) >= 11 is 0. The molecule has 0 unspecified atom stereocenters. The molecule has 0 bridgehead atoms. The molecule has 0 aliphatic carbocycles. The van der Waals surface area contributed by atoms with Crippen molar-refractivity contribution in [1.82, 2.24) is 10.3 Å². The van der Waals surface area contributed by atoms with Crippen molar-refractivity contribution in [3.8, 4) is 0 Å². The van der Waals surface area contributed by atoms with Gasteiger partial charge in [-0.3, -0.25) is 14.9 Å². The number of rotatable bonds is 7. The van der Waals surface area contributed by atoms with Crippen molar-refractivity contribution < 1.29 is 9.72 Å². The third-order valence-corrected chi connectivity index (χ3v) is 2.50. The number of hydrogen-bond donors (Lipinski definition) is 2. The zero-order valence-corrected chi connectivity index (χ0v) is 11.1. The smallest absolute Gasteiger partial charge is 0.300 e. The first kappa shape index (κ1) is 14.9. The molecule has 7 nitrogen and oxygen atoms in total. The Kier molecular flexibility index (Phi) is 5.72. The Morgan fingerprint density at radius 1 is 1.47 bits per heavy atom. The molecule has 1 amide bonds. The third kappa shape index (κ3) is 4.20. The summed E-state index contributed by atoms with van der Waals surface area (Å²) in [5, 5.41) is 16.5.